The summed E-state index contributed by atoms with van der Waals surface area (Å²) in [5.74, 6) is 1.85. The van der Waals surface area contributed by atoms with Crippen LogP contribution in [0.1, 0.15) is 55.0 Å². The number of hydrogen-bond donors (Lipinski definition) is 1. The molecule has 0 amide bonds. The lowest BCUT2D eigenvalue weighted by Crippen LogP contribution is -2.47. The summed E-state index contributed by atoms with van der Waals surface area (Å²) in [5, 5.41) is 9.89. The molecule has 0 saturated carbocycles. The zero-order chi connectivity index (χ0) is 15.9. The second-order valence-electron chi connectivity index (χ2n) is 7.96. The molecule has 0 unspecified atom stereocenters. The molecule has 122 valence electrons. The van der Waals surface area contributed by atoms with Crippen molar-refractivity contribution >= 4 is 0 Å². The van der Waals surface area contributed by atoms with E-state index in [1.54, 1.807) is 5.56 Å². The van der Waals surface area contributed by atoms with Gasteiger partial charge >= 0.3 is 0 Å². The molecule has 1 saturated heterocycles. The molecule has 2 heterocycles. The van der Waals surface area contributed by atoms with Crippen LogP contribution in [0.25, 0.3) is 0 Å². The molecule has 1 fully saturated rings. The molecule has 3 rings (SSSR count). The van der Waals surface area contributed by atoms with E-state index >= 15 is 0 Å². The van der Waals surface area contributed by atoms with Gasteiger partial charge < -0.3 is 5.11 Å². The maximum absolute atomic E-state index is 9.89. The molecule has 2 aliphatic heterocycles. The number of aliphatic hydroxyl groups excluding tert-OH is 1. The molecule has 1 aromatic carbocycles. The maximum Gasteiger partial charge on any atom is 0.0463 e. The number of aliphatic hydroxyl groups is 1. The Kier molecular flexibility index (Phi) is 4.61. The monoisotopic (exact) mass is 301 g/mol. The van der Waals surface area contributed by atoms with E-state index in [9.17, 15) is 5.11 Å². The Bertz CT molecular complexity index is 537. The largest absolute Gasteiger partial charge is 0.396 e. The molecule has 0 aromatic heterocycles. The van der Waals surface area contributed by atoms with Crippen LogP contribution in [0.2, 0.25) is 0 Å². The molecule has 0 bridgehead atoms. The number of hydrogen-bond acceptors (Lipinski definition) is 2. The van der Waals surface area contributed by atoms with E-state index in [1.807, 2.05) is 0 Å². The summed E-state index contributed by atoms with van der Waals surface area (Å²) in [6.07, 6.45) is 3.56. The van der Waals surface area contributed by atoms with Gasteiger partial charge in [0.15, 0.2) is 0 Å². The highest BCUT2D eigenvalue weighted by atomic mass is 16.3. The minimum atomic E-state index is 0.349. The first-order valence-electron chi connectivity index (χ1n) is 8.94. The number of rotatable bonds is 3. The predicted molar refractivity (Wildman–Crippen MR) is 92.1 cm³/mol. The lowest BCUT2D eigenvalue weighted by molar-refractivity contribution is 0.0188. The molecule has 2 heteroatoms. The number of benzene rings is 1. The van der Waals surface area contributed by atoms with Crippen molar-refractivity contribution in [1.29, 1.82) is 0 Å². The van der Waals surface area contributed by atoms with Gasteiger partial charge in [0, 0.05) is 25.7 Å². The molecule has 2 aliphatic rings. The van der Waals surface area contributed by atoms with Crippen LogP contribution in [0.5, 0.6) is 0 Å². The molecule has 0 spiro atoms. The summed E-state index contributed by atoms with van der Waals surface area (Å²) in [4.78, 5) is 2.69. The third kappa shape index (κ3) is 2.96. The Morgan fingerprint density at radius 2 is 1.91 bits per heavy atom. The minimum absolute atomic E-state index is 0.349. The molecule has 0 aliphatic carbocycles. The highest BCUT2D eigenvalue weighted by Gasteiger charge is 2.38. The zero-order valence-corrected chi connectivity index (χ0v) is 14.6. The molecular weight excluding hydrogens is 270 g/mol. The van der Waals surface area contributed by atoms with Crippen LogP contribution in [0.15, 0.2) is 12.1 Å². The van der Waals surface area contributed by atoms with E-state index in [0.717, 1.165) is 12.3 Å². The van der Waals surface area contributed by atoms with E-state index in [-0.39, 0.29) is 0 Å². The highest BCUT2D eigenvalue weighted by molar-refractivity contribution is 5.41. The summed E-state index contributed by atoms with van der Waals surface area (Å²) in [6, 6.07) is 5.35. The molecule has 1 aromatic rings. The number of fused-ring (bicyclic) bond motifs is 3. The zero-order valence-electron chi connectivity index (χ0n) is 14.6. The van der Waals surface area contributed by atoms with Crippen molar-refractivity contribution in [2.24, 2.45) is 17.8 Å². The Labute approximate surface area is 135 Å². The summed E-state index contributed by atoms with van der Waals surface area (Å²) in [5.41, 5.74) is 5.91. The Balaban J connectivity index is 1.87. The highest BCUT2D eigenvalue weighted by Crippen LogP contribution is 2.43. The van der Waals surface area contributed by atoms with Crippen LogP contribution in [0.3, 0.4) is 0 Å². The van der Waals surface area contributed by atoms with Crippen LogP contribution in [-0.4, -0.2) is 29.7 Å². The van der Waals surface area contributed by atoms with Gasteiger partial charge in [-0.2, -0.15) is 0 Å². The maximum atomic E-state index is 9.89. The van der Waals surface area contributed by atoms with E-state index in [4.69, 9.17) is 0 Å². The van der Waals surface area contributed by atoms with Gasteiger partial charge in [0.2, 0.25) is 0 Å². The Morgan fingerprint density at radius 1 is 1.18 bits per heavy atom. The standard InChI is InChI=1S/C20H31NO/c1-13(2)7-17-11-21-6-5-16-8-14(3)15(4)9-19(16)20(21)10-18(17)12-22/h8-9,13,17-18,20,22H,5-7,10-12H2,1-4H3/t17-,18+,20-/m1/s1. The molecule has 3 atom stereocenters. The van der Waals surface area contributed by atoms with E-state index < -0.39 is 0 Å². The van der Waals surface area contributed by atoms with Gasteiger partial charge in [-0.05, 0) is 73.1 Å². The summed E-state index contributed by atoms with van der Waals surface area (Å²) < 4.78 is 0. The van der Waals surface area contributed by atoms with Gasteiger partial charge in [0.05, 0.1) is 0 Å². The van der Waals surface area contributed by atoms with Gasteiger partial charge in [-0.3, -0.25) is 4.90 Å². The van der Waals surface area contributed by atoms with Crippen LogP contribution in [-0.2, 0) is 6.42 Å². The molecule has 0 radical (unpaired) electrons. The second kappa shape index (κ2) is 6.33. The fourth-order valence-corrected chi connectivity index (χ4v) is 4.56. The smallest absolute Gasteiger partial charge is 0.0463 e. The molecule has 2 nitrogen and oxygen atoms in total. The molecular formula is C20H31NO. The van der Waals surface area contributed by atoms with E-state index in [0.29, 0.717) is 24.5 Å². The number of nitrogens with zero attached hydrogens (tertiary/aromatic N) is 1. The molecule has 22 heavy (non-hydrogen) atoms. The van der Waals surface area contributed by atoms with Crippen LogP contribution in [0, 0.1) is 31.6 Å². The summed E-state index contributed by atoms with van der Waals surface area (Å²) in [6.45, 7) is 11.8. The predicted octanol–water partition coefficient (Wildman–Crippen LogP) is 3.88. The first-order chi connectivity index (χ1) is 10.5. The normalized spacial score (nSPS) is 28.5. The van der Waals surface area contributed by atoms with Crippen LogP contribution >= 0.6 is 0 Å². The molecule has 1 N–H and O–H groups in total. The number of piperidine rings is 1. The topological polar surface area (TPSA) is 23.5 Å². The third-order valence-corrected chi connectivity index (χ3v) is 5.89. The first-order valence-corrected chi connectivity index (χ1v) is 8.94. The third-order valence-electron chi connectivity index (χ3n) is 5.89. The van der Waals surface area contributed by atoms with Crippen molar-refractivity contribution in [2.75, 3.05) is 19.7 Å². The van der Waals surface area contributed by atoms with Crippen LogP contribution in [0.4, 0.5) is 0 Å². The lowest BCUT2D eigenvalue weighted by Gasteiger charge is -2.47. The SMILES string of the molecule is Cc1cc2c(cc1C)[C@H]1C[C@@H](CO)[C@H](CC(C)C)CN1CC2. The Hall–Kier alpha value is -0.860. The average molecular weight is 301 g/mol. The summed E-state index contributed by atoms with van der Waals surface area (Å²) in [7, 11) is 0. The lowest BCUT2D eigenvalue weighted by atomic mass is 9.74. The van der Waals surface area contributed by atoms with Gasteiger partial charge in [0.25, 0.3) is 0 Å². The van der Waals surface area contributed by atoms with E-state index in [1.165, 1.54) is 42.6 Å². The van der Waals surface area contributed by atoms with Crippen molar-refractivity contribution in [2.45, 2.75) is 53.0 Å². The Morgan fingerprint density at radius 3 is 2.59 bits per heavy atom. The second-order valence-corrected chi connectivity index (χ2v) is 7.96. The van der Waals surface area contributed by atoms with Gasteiger partial charge in [-0.25, -0.2) is 0 Å². The van der Waals surface area contributed by atoms with Gasteiger partial charge in [-0.15, -0.1) is 0 Å². The average Bonchev–Trinajstić information content (AvgIpc) is 2.47. The van der Waals surface area contributed by atoms with E-state index in [2.05, 4.69) is 44.7 Å². The van der Waals surface area contributed by atoms with Crippen molar-refractivity contribution in [3.63, 3.8) is 0 Å². The van der Waals surface area contributed by atoms with Crippen molar-refractivity contribution in [3.05, 3.63) is 34.4 Å². The quantitative estimate of drug-likeness (QED) is 0.916. The fraction of sp³-hybridized carbons (Fsp3) is 0.700. The van der Waals surface area contributed by atoms with Gasteiger partial charge in [-0.1, -0.05) is 26.0 Å². The minimum Gasteiger partial charge on any atom is -0.396 e. The fourth-order valence-electron chi connectivity index (χ4n) is 4.56. The first kappa shape index (κ1) is 16.0. The number of aryl methyl sites for hydroxylation is 2. The van der Waals surface area contributed by atoms with Gasteiger partial charge in [0.1, 0.15) is 0 Å². The van der Waals surface area contributed by atoms with Crippen LogP contribution < -0.4 is 0 Å². The summed E-state index contributed by atoms with van der Waals surface area (Å²) >= 11 is 0. The van der Waals surface area contributed by atoms with Crippen molar-refractivity contribution < 1.29 is 5.11 Å². The van der Waals surface area contributed by atoms with Crippen molar-refractivity contribution in [3.8, 4) is 0 Å². The van der Waals surface area contributed by atoms with Crippen molar-refractivity contribution in [1.82, 2.24) is 4.90 Å².